The Hall–Kier alpha value is -3.82. The molecule has 1 saturated heterocycles. The van der Waals surface area contributed by atoms with Gasteiger partial charge in [0.15, 0.2) is 0 Å². The van der Waals surface area contributed by atoms with E-state index in [9.17, 15) is 14.4 Å². The van der Waals surface area contributed by atoms with Crippen LogP contribution < -0.4 is 10.2 Å². The van der Waals surface area contributed by atoms with Crippen molar-refractivity contribution >= 4 is 29.4 Å². The first-order chi connectivity index (χ1) is 13.0. The summed E-state index contributed by atoms with van der Waals surface area (Å²) in [5, 5.41) is 14.2. The lowest BCUT2D eigenvalue weighted by Crippen LogP contribution is -2.28. The van der Waals surface area contributed by atoms with Gasteiger partial charge in [-0.05, 0) is 30.3 Å². The third-order valence-corrected chi connectivity index (χ3v) is 4.12. The molecule has 0 atom stereocenters. The number of carbonyl (C=O) groups excluding carboxylic acids is 3. The molecule has 10 nitrogen and oxygen atoms in total. The molecule has 0 spiro atoms. The van der Waals surface area contributed by atoms with Gasteiger partial charge >= 0.3 is 6.01 Å². The maximum Gasteiger partial charge on any atom is 0.322 e. The van der Waals surface area contributed by atoms with E-state index in [2.05, 4.69) is 20.6 Å². The van der Waals surface area contributed by atoms with Gasteiger partial charge in [-0.15, -0.1) is 5.10 Å². The van der Waals surface area contributed by atoms with Crippen molar-refractivity contribution in [2.75, 3.05) is 10.2 Å². The number of nitrogens with one attached hydrogen (secondary N) is 1. The first-order valence-electron chi connectivity index (χ1n) is 8.12. The maximum absolute atomic E-state index is 12.3. The molecule has 0 unspecified atom stereocenters. The zero-order chi connectivity index (χ0) is 19.0. The summed E-state index contributed by atoms with van der Waals surface area (Å²) in [5.41, 5.74) is 1.38. The van der Waals surface area contributed by atoms with Crippen molar-refractivity contribution in [2.24, 2.45) is 7.05 Å². The highest BCUT2D eigenvalue weighted by Crippen LogP contribution is 2.23. The normalized spacial score (nSPS) is 14.0. The van der Waals surface area contributed by atoms with Crippen molar-refractivity contribution in [1.82, 2.24) is 20.0 Å². The zero-order valence-electron chi connectivity index (χ0n) is 14.2. The number of aryl methyl sites for hydroxylation is 1. The molecule has 0 aliphatic carbocycles. The number of hydrogen-bond acceptors (Lipinski definition) is 7. The van der Waals surface area contributed by atoms with Crippen LogP contribution in [0.2, 0.25) is 0 Å². The summed E-state index contributed by atoms with van der Waals surface area (Å²) in [6.45, 7) is 0. The van der Waals surface area contributed by atoms with Gasteiger partial charge in [-0.25, -0.2) is 0 Å². The van der Waals surface area contributed by atoms with Crippen LogP contribution in [0.4, 0.5) is 11.7 Å². The summed E-state index contributed by atoms with van der Waals surface area (Å²) in [5.74, 6) is -0.718. The summed E-state index contributed by atoms with van der Waals surface area (Å²) in [7, 11) is 1.73. The second-order valence-corrected chi connectivity index (χ2v) is 5.88. The van der Waals surface area contributed by atoms with E-state index in [1.54, 1.807) is 36.1 Å². The molecule has 3 heterocycles. The lowest BCUT2D eigenvalue weighted by Gasteiger charge is -2.13. The van der Waals surface area contributed by atoms with Crippen molar-refractivity contribution < 1.29 is 18.8 Å². The number of carbonyl (C=O) groups is 3. The standard InChI is InChI=1S/C17H14N6O4/c1-22-12(8-9-18-22)16-20-21-17(27-16)19-15(26)10-2-4-11(5-3-10)23-13(24)6-7-14(23)25/h2-5,8-9H,6-7H2,1H3,(H,19,21,26). The monoisotopic (exact) mass is 366 g/mol. The topological polar surface area (TPSA) is 123 Å². The SMILES string of the molecule is Cn1nccc1-c1nnc(NC(=O)c2ccc(N3C(=O)CCC3=O)cc2)o1. The van der Waals surface area contributed by atoms with Crippen LogP contribution in [0.5, 0.6) is 0 Å². The molecule has 0 bridgehead atoms. The number of rotatable bonds is 4. The minimum Gasteiger partial charge on any atom is -0.401 e. The highest BCUT2D eigenvalue weighted by molar-refractivity contribution is 6.20. The van der Waals surface area contributed by atoms with Crippen LogP contribution in [0, 0.1) is 0 Å². The van der Waals surface area contributed by atoms with E-state index in [1.807, 2.05) is 0 Å². The number of nitrogens with zero attached hydrogens (tertiary/aromatic N) is 5. The van der Waals surface area contributed by atoms with Gasteiger partial charge in [-0.3, -0.25) is 29.3 Å². The second kappa shape index (κ2) is 6.48. The summed E-state index contributed by atoms with van der Waals surface area (Å²) in [6, 6.07) is 7.78. The summed E-state index contributed by atoms with van der Waals surface area (Å²) in [4.78, 5) is 37.0. The van der Waals surface area contributed by atoms with E-state index in [0.717, 1.165) is 4.90 Å². The molecular weight excluding hydrogens is 352 g/mol. The largest absolute Gasteiger partial charge is 0.401 e. The molecular formula is C17H14N6O4. The van der Waals surface area contributed by atoms with E-state index >= 15 is 0 Å². The molecule has 3 aromatic rings. The molecule has 1 aliphatic rings. The van der Waals surface area contributed by atoms with Crippen molar-refractivity contribution in [3.8, 4) is 11.6 Å². The van der Waals surface area contributed by atoms with Crippen molar-refractivity contribution in [1.29, 1.82) is 0 Å². The van der Waals surface area contributed by atoms with Gasteiger partial charge in [-0.1, -0.05) is 5.10 Å². The number of imide groups is 1. The molecule has 1 aromatic carbocycles. The van der Waals surface area contributed by atoms with Gasteiger partial charge in [0.2, 0.25) is 11.8 Å². The lowest BCUT2D eigenvalue weighted by molar-refractivity contribution is -0.121. The van der Waals surface area contributed by atoms with Gasteiger partial charge in [0.25, 0.3) is 11.8 Å². The first kappa shape index (κ1) is 16.6. The van der Waals surface area contributed by atoms with Crippen LogP contribution in [0.1, 0.15) is 23.2 Å². The molecule has 2 aromatic heterocycles. The zero-order valence-corrected chi connectivity index (χ0v) is 14.2. The molecule has 136 valence electrons. The number of benzene rings is 1. The van der Waals surface area contributed by atoms with Gasteiger partial charge in [0.05, 0.1) is 5.69 Å². The Morgan fingerprint density at radius 3 is 2.41 bits per heavy atom. The fourth-order valence-corrected chi connectivity index (χ4v) is 2.76. The van der Waals surface area contributed by atoms with E-state index in [-0.39, 0.29) is 36.6 Å². The Morgan fingerprint density at radius 2 is 1.78 bits per heavy atom. The van der Waals surface area contributed by atoms with Crippen molar-refractivity contribution in [2.45, 2.75) is 12.8 Å². The molecule has 27 heavy (non-hydrogen) atoms. The van der Waals surface area contributed by atoms with Crippen molar-refractivity contribution in [3.63, 3.8) is 0 Å². The fourth-order valence-electron chi connectivity index (χ4n) is 2.76. The highest BCUT2D eigenvalue weighted by Gasteiger charge is 2.30. The third kappa shape index (κ3) is 3.08. The van der Waals surface area contributed by atoms with E-state index < -0.39 is 5.91 Å². The Balaban J connectivity index is 1.47. The second-order valence-electron chi connectivity index (χ2n) is 5.88. The van der Waals surface area contributed by atoms with Crippen LogP contribution >= 0.6 is 0 Å². The van der Waals surface area contributed by atoms with Crippen LogP contribution in [0.15, 0.2) is 40.9 Å². The van der Waals surface area contributed by atoms with Crippen LogP contribution in [0.3, 0.4) is 0 Å². The molecule has 10 heteroatoms. The smallest absolute Gasteiger partial charge is 0.322 e. The van der Waals surface area contributed by atoms with Crippen LogP contribution in [-0.4, -0.2) is 37.7 Å². The van der Waals surface area contributed by atoms with E-state index in [0.29, 0.717) is 16.9 Å². The Morgan fingerprint density at radius 1 is 1.07 bits per heavy atom. The molecule has 1 aliphatic heterocycles. The highest BCUT2D eigenvalue weighted by atomic mass is 16.4. The summed E-state index contributed by atoms with van der Waals surface area (Å²) < 4.78 is 6.99. The predicted molar refractivity (Wildman–Crippen MR) is 92.6 cm³/mol. The molecule has 3 amide bonds. The van der Waals surface area contributed by atoms with E-state index in [4.69, 9.17) is 4.42 Å². The van der Waals surface area contributed by atoms with Crippen molar-refractivity contribution in [3.05, 3.63) is 42.1 Å². The van der Waals surface area contributed by atoms with E-state index in [1.165, 1.54) is 12.1 Å². The maximum atomic E-state index is 12.3. The molecule has 1 fully saturated rings. The predicted octanol–water partition coefficient (Wildman–Crippen LogP) is 1.38. The van der Waals surface area contributed by atoms with Crippen LogP contribution in [0.25, 0.3) is 11.6 Å². The number of anilines is 2. The van der Waals surface area contributed by atoms with Gasteiger partial charge < -0.3 is 4.42 Å². The Bertz CT molecular complexity index is 1020. The molecule has 4 rings (SSSR count). The molecule has 0 radical (unpaired) electrons. The lowest BCUT2D eigenvalue weighted by atomic mass is 10.2. The van der Waals surface area contributed by atoms with Crippen LogP contribution in [-0.2, 0) is 16.6 Å². The number of amides is 3. The Labute approximate surface area is 152 Å². The number of aromatic nitrogens is 4. The third-order valence-electron chi connectivity index (χ3n) is 4.12. The van der Waals surface area contributed by atoms with Gasteiger partial charge in [0.1, 0.15) is 5.69 Å². The average Bonchev–Trinajstić information content (AvgIpc) is 3.36. The Kier molecular flexibility index (Phi) is 3.99. The number of hydrogen-bond donors (Lipinski definition) is 1. The minimum atomic E-state index is -0.458. The van der Waals surface area contributed by atoms with Gasteiger partial charge in [0, 0.05) is 31.6 Å². The summed E-state index contributed by atoms with van der Waals surface area (Å²) in [6.07, 6.45) is 2.00. The molecule has 1 N–H and O–H groups in total. The minimum absolute atomic E-state index is 0.0508. The molecule has 0 saturated carbocycles. The van der Waals surface area contributed by atoms with Gasteiger partial charge in [-0.2, -0.15) is 5.10 Å². The quantitative estimate of drug-likeness (QED) is 0.692. The fraction of sp³-hybridized carbons (Fsp3) is 0.176. The first-order valence-corrected chi connectivity index (χ1v) is 8.12. The average molecular weight is 366 g/mol. The summed E-state index contributed by atoms with van der Waals surface area (Å²) >= 11 is 0.